The first kappa shape index (κ1) is 14.2. The van der Waals surface area contributed by atoms with Crippen LogP contribution in [-0.2, 0) is 0 Å². The van der Waals surface area contributed by atoms with Crippen molar-refractivity contribution in [3.63, 3.8) is 0 Å². The molecule has 1 aromatic heterocycles. The lowest BCUT2D eigenvalue weighted by molar-refractivity contribution is 0.414. The summed E-state index contributed by atoms with van der Waals surface area (Å²) in [6, 6.07) is 12.0. The fraction of sp³-hybridized carbons (Fsp3) is 0.188. The average Bonchev–Trinajstić information content (AvgIpc) is 2.99. The number of nitrogens with zero attached hydrogens (tertiary/aromatic N) is 1. The molecule has 0 saturated heterocycles. The lowest BCUT2D eigenvalue weighted by Crippen LogP contribution is -2.07. The van der Waals surface area contributed by atoms with Gasteiger partial charge in [0.05, 0.1) is 28.0 Å². The highest BCUT2D eigenvalue weighted by molar-refractivity contribution is 7.16. The zero-order valence-corrected chi connectivity index (χ0v) is 13.3. The number of anilines is 1. The molecule has 1 N–H and O–H groups in total. The van der Waals surface area contributed by atoms with Crippen LogP contribution in [0.2, 0.25) is 5.02 Å². The molecule has 0 aliphatic rings. The van der Waals surface area contributed by atoms with E-state index >= 15 is 0 Å². The molecule has 1 unspecified atom stereocenters. The summed E-state index contributed by atoms with van der Waals surface area (Å²) in [5, 5.41) is 4.15. The Balaban J connectivity index is 1.90. The number of nitrogens with one attached hydrogen (secondary N) is 1. The number of hydrogen-bond donors (Lipinski definition) is 1. The van der Waals surface area contributed by atoms with Crippen molar-refractivity contribution < 1.29 is 4.74 Å². The van der Waals surface area contributed by atoms with Crippen LogP contribution in [0.5, 0.6) is 5.75 Å². The van der Waals surface area contributed by atoms with Crippen molar-refractivity contribution in [3.05, 3.63) is 52.5 Å². The topological polar surface area (TPSA) is 34.1 Å². The Morgan fingerprint density at radius 3 is 2.67 bits per heavy atom. The molecule has 108 valence electrons. The second kappa shape index (κ2) is 5.92. The third-order valence-electron chi connectivity index (χ3n) is 3.43. The summed E-state index contributed by atoms with van der Waals surface area (Å²) in [7, 11) is 1.67. The van der Waals surface area contributed by atoms with Crippen molar-refractivity contribution >= 4 is 38.8 Å². The summed E-state index contributed by atoms with van der Waals surface area (Å²) in [4.78, 5) is 4.41. The predicted molar refractivity (Wildman–Crippen MR) is 89.7 cm³/mol. The molecule has 5 heteroatoms. The normalized spacial score (nSPS) is 12.3. The Morgan fingerprint density at radius 1 is 1.19 bits per heavy atom. The van der Waals surface area contributed by atoms with Crippen LogP contribution in [0, 0.1) is 0 Å². The SMILES string of the molecule is COc1ccc(C(C)Nc2c(Cl)ccc3scnc23)cc1. The Morgan fingerprint density at radius 2 is 1.95 bits per heavy atom. The van der Waals surface area contributed by atoms with Crippen molar-refractivity contribution in [1.29, 1.82) is 0 Å². The van der Waals surface area contributed by atoms with Crippen molar-refractivity contribution in [3.8, 4) is 5.75 Å². The van der Waals surface area contributed by atoms with Gasteiger partial charge in [-0.1, -0.05) is 23.7 Å². The van der Waals surface area contributed by atoms with Gasteiger partial charge >= 0.3 is 0 Å². The summed E-state index contributed by atoms with van der Waals surface area (Å²) in [5.74, 6) is 0.852. The van der Waals surface area contributed by atoms with E-state index in [0.717, 1.165) is 21.7 Å². The van der Waals surface area contributed by atoms with E-state index in [-0.39, 0.29) is 6.04 Å². The molecule has 3 rings (SSSR count). The van der Waals surface area contributed by atoms with E-state index in [0.29, 0.717) is 5.02 Å². The van der Waals surface area contributed by atoms with Crippen LogP contribution >= 0.6 is 22.9 Å². The van der Waals surface area contributed by atoms with Crippen LogP contribution in [0.15, 0.2) is 41.9 Å². The fourth-order valence-corrected chi connectivity index (χ4v) is 3.13. The van der Waals surface area contributed by atoms with Gasteiger partial charge in [0.25, 0.3) is 0 Å². The lowest BCUT2D eigenvalue weighted by atomic mass is 10.1. The summed E-state index contributed by atoms with van der Waals surface area (Å²) in [5.41, 5.74) is 4.82. The first-order valence-electron chi connectivity index (χ1n) is 6.61. The molecule has 0 bridgehead atoms. The maximum atomic E-state index is 6.32. The van der Waals surface area contributed by atoms with Crippen LogP contribution in [0.25, 0.3) is 10.2 Å². The number of fused-ring (bicyclic) bond motifs is 1. The number of thiazole rings is 1. The minimum atomic E-state index is 0.126. The standard InChI is InChI=1S/C16H15ClN2OS/c1-10(11-3-5-12(20-2)6-4-11)19-15-13(17)7-8-14-16(15)18-9-21-14/h3-10,19H,1-2H3. The number of hydrogen-bond acceptors (Lipinski definition) is 4. The summed E-state index contributed by atoms with van der Waals surface area (Å²) in [6.07, 6.45) is 0. The minimum Gasteiger partial charge on any atom is -0.497 e. The van der Waals surface area contributed by atoms with Crippen LogP contribution in [0.1, 0.15) is 18.5 Å². The van der Waals surface area contributed by atoms with E-state index in [1.165, 1.54) is 5.56 Å². The number of ether oxygens (including phenoxy) is 1. The first-order chi connectivity index (χ1) is 10.2. The number of methoxy groups -OCH3 is 1. The lowest BCUT2D eigenvalue weighted by Gasteiger charge is -2.17. The van der Waals surface area contributed by atoms with Crippen LogP contribution in [0.4, 0.5) is 5.69 Å². The van der Waals surface area contributed by atoms with E-state index < -0.39 is 0 Å². The van der Waals surface area contributed by atoms with E-state index in [4.69, 9.17) is 16.3 Å². The van der Waals surface area contributed by atoms with Crippen LogP contribution < -0.4 is 10.1 Å². The molecule has 0 fully saturated rings. The zero-order chi connectivity index (χ0) is 14.8. The monoisotopic (exact) mass is 318 g/mol. The quantitative estimate of drug-likeness (QED) is 0.724. The number of aromatic nitrogens is 1. The van der Waals surface area contributed by atoms with Crippen molar-refractivity contribution in [2.45, 2.75) is 13.0 Å². The molecular weight excluding hydrogens is 304 g/mol. The second-order valence-electron chi connectivity index (χ2n) is 4.76. The van der Waals surface area contributed by atoms with Gasteiger partial charge in [-0.15, -0.1) is 11.3 Å². The van der Waals surface area contributed by atoms with E-state index in [2.05, 4.69) is 17.2 Å². The highest BCUT2D eigenvalue weighted by Crippen LogP contribution is 2.34. The predicted octanol–water partition coefficient (Wildman–Crippen LogP) is 5.13. The Kier molecular flexibility index (Phi) is 3.99. The first-order valence-corrected chi connectivity index (χ1v) is 7.87. The number of rotatable bonds is 4. The van der Waals surface area contributed by atoms with Gasteiger partial charge in [-0.2, -0.15) is 0 Å². The van der Waals surface area contributed by atoms with Crippen molar-refractivity contribution in [2.75, 3.05) is 12.4 Å². The smallest absolute Gasteiger partial charge is 0.118 e. The highest BCUT2D eigenvalue weighted by atomic mass is 35.5. The van der Waals surface area contributed by atoms with Gasteiger partial charge < -0.3 is 10.1 Å². The van der Waals surface area contributed by atoms with Crippen LogP contribution in [-0.4, -0.2) is 12.1 Å². The third kappa shape index (κ3) is 2.82. The number of halogens is 1. The second-order valence-corrected chi connectivity index (χ2v) is 6.05. The molecule has 21 heavy (non-hydrogen) atoms. The highest BCUT2D eigenvalue weighted by Gasteiger charge is 2.12. The molecular formula is C16H15ClN2OS. The van der Waals surface area contributed by atoms with Crippen LogP contribution in [0.3, 0.4) is 0 Å². The van der Waals surface area contributed by atoms with Gasteiger partial charge in [0.1, 0.15) is 11.3 Å². The van der Waals surface area contributed by atoms with Gasteiger partial charge in [-0.05, 0) is 36.8 Å². The van der Waals surface area contributed by atoms with E-state index in [1.807, 2.05) is 41.9 Å². The molecule has 1 heterocycles. The molecule has 0 radical (unpaired) electrons. The summed E-state index contributed by atoms with van der Waals surface area (Å²) in [6.45, 7) is 2.10. The van der Waals surface area contributed by atoms with E-state index in [9.17, 15) is 0 Å². The maximum Gasteiger partial charge on any atom is 0.118 e. The average molecular weight is 319 g/mol. The van der Waals surface area contributed by atoms with E-state index in [1.54, 1.807) is 18.4 Å². The molecule has 1 atom stereocenters. The zero-order valence-electron chi connectivity index (χ0n) is 11.8. The van der Waals surface area contributed by atoms with Crippen molar-refractivity contribution in [2.24, 2.45) is 0 Å². The molecule has 0 amide bonds. The Bertz CT molecular complexity index is 755. The van der Waals surface area contributed by atoms with Gasteiger partial charge in [0.15, 0.2) is 0 Å². The third-order valence-corrected chi connectivity index (χ3v) is 4.54. The largest absolute Gasteiger partial charge is 0.497 e. The summed E-state index contributed by atoms with van der Waals surface area (Å²) >= 11 is 7.93. The Labute approximate surface area is 132 Å². The molecule has 2 aromatic carbocycles. The summed E-state index contributed by atoms with van der Waals surface area (Å²) < 4.78 is 6.31. The van der Waals surface area contributed by atoms with Gasteiger partial charge in [-0.3, -0.25) is 0 Å². The maximum absolute atomic E-state index is 6.32. The van der Waals surface area contributed by atoms with Crippen molar-refractivity contribution in [1.82, 2.24) is 4.98 Å². The molecule has 0 saturated carbocycles. The van der Waals surface area contributed by atoms with Gasteiger partial charge in [0, 0.05) is 6.04 Å². The minimum absolute atomic E-state index is 0.126. The number of benzene rings is 2. The molecule has 0 aliphatic heterocycles. The van der Waals surface area contributed by atoms with Gasteiger partial charge in [-0.25, -0.2) is 4.98 Å². The molecule has 0 spiro atoms. The molecule has 0 aliphatic carbocycles. The molecule has 3 aromatic rings. The molecule has 3 nitrogen and oxygen atoms in total. The fourth-order valence-electron chi connectivity index (χ4n) is 2.24. The Hall–Kier alpha value is -1.78. The van der Waals surface area contributed by atoms with Gasteiger partial charge in [0.2, 0.25) is 0 Å².